The predicted molar refractivity (Wildman–Crippen MR) is 106 cm³/mol. The smallest absolute Gasteiger partial charge is 0.253 e. The SMILES string of the molecule is O=C(/C=C/c1c(Cl)nc2sccn12)N1CCN(C(=O)c2ccccc2)CC1. The summed E-state index contributed by atoms with van der Waals surface area (Å²) in [5, 5.41) is 2.30. The van der Waals surface area contributed by atoms with Gasteiger partial charge in [0.15, 0.2) is 10.1 Å². The maximum atomic E-state index is 12.5. The first kappa shape index (κ1) is 17.8. The fourth-order valence-electron chi connectivity index (χ4n) is 3.07. The van der Waals surface area contributed by atoms with Gasteiger partial charge in [-0.2, -0.15) is 0 Å². The van der Waals surface area contributed by atoms with Crippen molar-refractivity contribution in [2.75, 3.05) is 26.2 Å². The van der Waals surface area contributed by atoms with Crippen molar-refractivity contribution >= 4 is 45.8 Å². The largest absolute Gasteiger partial charge is 0.336 e. The van der Waals surface area contributed by atoms with E-state index >= 15 is 0 Å². The quantitative estimate of drug-likeness (QED) is 0.635. The van der Waals surface area contributed by atoms with E-state index in [9.17, 15) is 9.59 Å². The highest BCUT2D eigenvalue weighted by Gasteiger charge is 2.23. The molecule has 0 bridgehead atoms. The Kier molecular flexibility index (Phi) is 4.96. The summed E-state index contributed by atoms with van der Waals surface area (Å²) in [6.45, 7) is 2.07. The van der Waals surface area contributed by atoms with E-state index in [4.69, 9.17) is 11.6 Å². The number of rotatable bonds is 3. The standard InChI is InChI=1S/C19H17ClN4O2S/c20-17-15(24-12-13-27-19(24)21-17)6-7-16(25)22-8-10-23(11-9-22)18(26)14-4-2-1-3-5-14/h1-7,12-13H,8-11H2/b7-6+. The Labute approximate surface area is 165 Å². The Hall–Kier alpha value is -2.64. The van der Waals surface area contributed by atoms with Crippen LogP contribution in [0, 0.1) is 0 Å². The summed E-state index contributed by atoms with van der Waals surface area (Å²) in [6, 6.07) is 9.20. The number of hydrogen-bond donors (Lipinski definition) is 0. The minimum Gasteiger partial charge on any atom is -0.336 e. The molecule has 8 heteroatoms. The van der Waals surface area contributed by atoms with Gasteiger partial charge in [-0.25, -0.2) is 4.98 Å². The molecule has 3 aromatic rings. The van der Waals surface area contributed by atoms with Gasteiger partial charge in [-0.05, 0) is 18.2 Å². The molecule has 1 aromatic carbocycles. The molecule has 3 heterocycles. The second-order valence-electron chi connectivity index (χ2n) is 6.16. The van der Waals surface area contributed by atoms with Crippen LogP contribution in [-0.4, -0.2) is 57.2 Å². The third-order valence-electron chi connectivity index (χ3n) is 4.54. The molecule has 0 unspecified atom stereocenters. The monoisotopic (exact) mass is 400 g/mol. The predicted octanol–water partition coefficient (Wildman–Crippen LogP) is 3.05. The van der Waals surface area contributed by atoms with Crippen molar-refractivity contribution in [3.05, 3.63) is 64.4 Å². The molecule has 1 fully saturated rings. The number of halogens is 1. The molecule has 0 atom stereocenters. The average Bonchev–Trinajstić information content (AvgIpc) is 3.27. The fraction of sp³-hybridized carbons (Fsp3) is 0.211. The van der Waals surface area contributed by atoms with Crippen LogP contribution in [0.1, 0.15) is 16.1 Å². The summed E-state index contributed by atoms with van der Waals surface area (Å²) in [7, 11) is 0. The summed E-state index contributed by atoms with van der Waals surface area (Å²) >= 11 is 7.63. The maximum absolute atomic E-state index is 12.5. The van der Waals surface area contributed by atoms with Gasteiger partial charge in [0.1, 0.15) is 0 Å². The number of carbonyl (C=O) groups excluding carboxylic acids is 2. The van der Waals surface area contributed by atoms with Crippen molar-refractivity contribution in [1.29, 1.82) is 0 Å². The van der Waals surface area contributed by atoms with Crippen molar-refractivity contribution in [3.63, 3.8) is 0 Å². The molecule has 0 N–H and O–H groups in total. The topological polar surface area (TPSA) is 57.9 Å². The van der Waals surface area contributed by atoms with Crippen molar-refractivity contribution in [3.8, 4) is 0 Å². The van der Waals surface area contributed by atoms with Crippen molar-refractivity contribution in [2.45, 2.75) is 0 Å². The Morgan fingerprint density at radius 3 is 2.52 bits per heavy atom. The number of carbonyl (C=O) groups is 2. The Balaban J connectivity index is 1.38. The van der Waals surface area contributed by atoms with Gasteiger partial charge in [-0.3, -0.25) is 14.0 Å². The lowest BCUT2D eigenvalue weighted by Crippen LogP contribution is -2.50. The lowest BCUT2D eigenvalue weighted by atomic mass is 10.2. The molecule has 1 aliphatic heterocycles. The second-order valence-corrected chi connectivity index (χ2v) is 7.39. The first-order chi connectivity index (χ1) is 13.1. The molecule has 138 valence electrons. The van der Waals surface area contributed by atoms with Gasteiger partial charge in [-0.15, -0.1) is 11.3 Å². The zero-order chi connectivity index (χ0) is 18.8. The summed E-state index contributed by atoms with van der Waals surface area (Å²) in [5.41, 5.74) is 1.37. The van der Waals surface area contributed by atoms with Gasteiger partial charge in [0.25, 0.3) is 5.91 Å². The van der Waals surface area contributed by atoms with Crippen LogP contribution in [0.4, 0.5) is 0 Å². The van der Waals surface area contributed by atoms with Crippen molar-refractivity contribution < 1.29 is 9.59 Å². The van der Waals surface area contributed by atoms with Gasteiger partial charge in [-0.1, -0.05) is 29.8 Å². The van der Waals surface area contributed by atoms with Crippen LogP contribution in [0.2, 0.25) is 5.15 Å². The number of nitrogens with zero attached hydrogens (tertiary/aromatic N) is 4. The average molecular weight is 401 g/mol. The number of piperazine rings is 1. The fourth-order valence-corrected chi connectivity index (χ4v) is 4.08. The number of amides is 2. The van der Waals surface area contributed by atoms with E-state index in [1.165, 1.54) is 17.4 Å². The van der Waals surface area contributed by atoms with E-state index in [1.807, 2.05) is 46.3 Å². The minimum absolute atomic E-state index is 0.00383. The van der Waals surface area contributed by atoms with E-state index < -0.39 is 0 Å². The molecule has 27 heavy (non-hydrogen) atoms. The van der Waals surface area contributed by atoms with Gasteiger partial charge in [0.2, 0.25) is 5.91 Å². The first-order valence-corrected chi connectivity index (χ1v) is 9.81. The lowest BCUT2D eigenvalue weighted by molar-refractivity contribution is -0.127. The molecule has 0 radical (unpaired) electrons. The summed E-state index contributed by atoms with van der Waals surface area (Å²) < 4.78 is 1.85. The normalized spacial score (nSPS) is 15.0. The molecule has 0 spiro atoms. The van der Waals surface area contributed by atoms with Crippen LogP contribution >= 0.6 is 22.9 Å². The number of fused-ring (bicyclic) bond motifs is 1. The number of aromatic nitrogens is 2. The molecule has 0 saturated carbocycles. The van der Waals surface area contributed by atoms with Crippen LogP contribution in [0.5, 0.6) is 0 Å². The molecule has 1 aliphatic rings. The molecule has 6 nitrogen and oxygen atoms in total. The molecule has 0 aliphatic carbocycles. The Morgan fingerprint density at radius 2 is 1.78 bits per heavy atom. The third-order valence-corrected chi connectivity index (χ3v) is 5.57. The zero-order valence-corrected chi connectivity index (χ0v) is 16.0. The zero-order valence-electron chi connectivity index (χ0n) is 14.4. The van der Waals surface area contributed by atoms with Crippen LogP contribution in [0.15, 0.2) is 48.0 Å². The van der Waals surface area contributed by atoms with E-state index in [0.29, 0.717) is 42.6 Å². The van der Waals surface area contributed by atoms with Gasteiger partial charge in [0, 0.05) is 49.4 Å². The molecule has 1 saturated heterocycles. The van der Waals surface area contributed by atoms with Crippen LogP contribution < -0.4 is 0 Å². The molecular weight excluding hydrogens is 384 g/mol. The molecular formula is C19H17ClN4O2S. The van der Waals surface area contributed by atoms with Crippen LogP contribution in [0.3, 0.4) is 0 Å². The van der Waals surface area contributed by atoms with E-state index in [2.05, 4.69) is 4.98 Å². The summed E-state index contributed by atoms with van der Waals surface area (Å²) in [4.78, 5) is 33.5. The number of benzene rings is 1. The highest BCUT2D eigenvalue weighted by Crippen LogP contribution is 2.22. The van der Waals surface area contributed by atoms with Gasteiger partial charge in [0.05, 0.1) is 5.69 Å². The molecule has 2 aromatic heterocycles. The number of hydrogen-bond acceptors (Lipinski definition) is 4. The summed E-state index contributed by atoms with van der Waals surface area (Å²) in [5.74, 6) is -0.0906. The summed E-state index contributed by atoms with van der Waals surface area (Å²) in [6.07, 6.45) is 5.08. The third kappa shape index (κ3) is 3.61. The number of thiazole rings is 1. The van der Waals surface area contributed by atoms with Crippen molar-refractivity contribution in [1.82, 2.24) is 19.2 Å². The van der Waals surface area contributed by atoms with Gasteiger partial charge >= 0.3 is 0 Å². The van der Waals surface area contributed by atoms with Crippen LogP contribution in [-0.2, 0) is 4.79 Å². The first-order valence-electron chi connectivity index (χ1n) is 8.56. The highest BCUT2D eigenvalue weighted by atomic mass is 35.5. The van der Waals surface area contributed by atoms with E-state index in [0.717, 1.165) is 4.96 Å². The Morgan fingerprint density at radius 1 is 1.07 bits per heavy atom. The maximum Gasteiger partial charge on any atom is 0.253 e. The lowest BCUT2D eigenvalue weighted by Gasteiger charge is -2.34. The van der Waals surface area contributed by atoms with Gasteiger partial charge < -0.3 is 9.80 Å². The van der Waals surface area contributed by atoms with Crippen molar-refractivity contribution in [2.24, 2.45) is 0 Å². The van der Waals surface area contributed by atoms with E-state index in [1.54, 1.807) is 15.9 Å². The Bertz CT molecular complexity index is 1000. The number of imidazole rings is 1. The van der Waals surface area contributed by atoms with E-state index in [-0.39, 0.29) is 11.8 Å². The molecule has 2 amide bonds. The van der Waals surface area contributed by atoms with Crippen LogP contribution in [0.25, 0.3) is 11.0 Å². The molecule has 4 rings (SSSR count). The minimum atomic E-state index is -0.0944. The second kappa shape index (κ2) is 7.54. The highest BCUT2D eigenvalue weighted by molar-refractivity contribution is 7.15.